The zero-order valence-electron chi connectivity index (χ0n) is 15.4. The van der Waals surface area contributed by atoms with Crippen LogP contribution in [0.25, 0.3) is 0 Å². The molecule has 26 heavy (non-hydrogen) atoms. The molecule has 0 spiro atoms. The molecule has 0 saturated carbocycles. The predicted octanol–water partition coefficient (Wildman–Crippen LogP) is 1.35. The topological polar surface area (TPSA) is 83.5 Å². The third kappa shape index (κ3) is 3.08. The molecule has 1 amide bonds. The molecule has 3 aliphatic heterocycles. The Hall–Kier alpha value is -1.70. The molecule has 0 N–H and O–H groups in total. The highest BCUT2D eigenvalue weighted by Gasteiger charge is 2.48. The number of rotatable bonds is 3. The Morgan fingerprint density at radius 1 is 1.27 bits per heavy atom. The highest BCUT2D eigenvalue weighted by Crippen LogP contribution is 2.40. The van der Waals surface area contributed by atoms with Crippen molar-refractivity contribution in [1.29, 1.82) is 0 Å². The molecule has 4 rings (SSSR count). The summed E-state index contributed by atoms with van der Waals surface area (Å²) in [5, 5.41) is -0.535. The number of carbonyl (C=O) groups is 1. The van der Waals surface area contributed by atoms with E-state index in [0.717, 1.165) is 31.6 Å². The third-order valence-electron chi connectivity index (χ3n) is 5.65. The van der Waals surface area contributed by atoms with Gasteiger partial charge in [-0.3, -0.25) is 4.79 Å². The van der Waals surface area contributed by atoms with Gasteiger partial charge in [0.15, 0.2) is 9.84 Å². The maximum absolute atomic E-state index is 12.8. The maximum atomic E-state index is 12.8. The van der Waals surface area contributed by atoms with Crippen molar-refractivity contribution in [3.05, 3.63) is 17.5 Å². The lowest BCUT2D eigenvalue weighted by Crippen LogP contribution is -2.36. The van der Waals surface area contributed by atoms with Gasteiger partial charge in [-0.25, -0.2) is 18.4 Å². The number of likely N-dealkylation sites (tertiary alicyclic amines) is 1. The predicted molar refractivity (Wildman–Crippen MR) is 98.7 cm³/mol. The summed E-state index contributed by atoms with van der Waals surface area (Å²) in [6.07, 6.45) is 4.41. The zero-order valence-corrected chi connectivity index (χ0v) is 16.2. The summed E-state index contributed by atoms with van der Waals surface area (Å²) in [6, 6.07) is 0. The van der Waals surface area contributed by atoms with Crippen LogP contribution in [0.5, 0.6) is 0 Å². The summed E-state index contributed by atoms with van der Waals surface area (Å²) in [5.41, 5.74) is 1.54. The first-order valence-corrected chi connectivity index (χ1v) is 11.2. The summed E-state index contributed by atoms with van der Waals surface area (Å²) in [6.45, 7) is 6.64. The Labute approximate surface area is 154 Å². The quantitative estimate of drug-likeness (QED) is 0.789. The molecular formula is C18H26N4O3S. The number of carbonyl (C=O) groups excluding carboxylic acids is 1. The largest absolute Gasteiger partial charge is 0.341 e. The number of nitrogens with zero attached hydrogens (tertiary/aromatic N) is 4. The van der Waals surface area contributed by atoms with E-state index in [0.29, 0.717) is 31.0 Å². The SMILES string of the molecule is CC(C)CC(=O)N1C[C@@H]2c3nc(N4CCCC4)ncc3CS(=O)(=O)[C@@H]2C1. The first kappa shape index (κ1) is 17.7. The molecule has 1 aromatic heterocycles. The molecule has 1 aromatic rings. The minimum Gasteiger partial charge on any atom is -0.341 e. The van der Waals surface area contributed by atoms with E-state index >= 15 is 0 Å². The highest BCUT2D eigenvalue weighted by atomic mass is 32.2. The zero-order chi connectivity index (χ0) is 18.5. The first-order chi connectivity index (χ1) is 12.3. The Bertz CT molecular complexity index is 818. The Kier molecular flexibility index (Phi) is 4.41. The van der Waals surface area contributed by atoms with Crippen LogP contribution in [0.2, 0.25) is 0 Å². The second kappa shape index (κ2) is 6.48. The van der Waals surface area contributed by atoms with Crippen molar-refractivity contribution >= 4 is 21.7 Å². The molecule has 4 heterocycles. The van der Waals surface area contributed by atoms with Crippen molar-refractivity contribution in [2.24, 2.45) is 5.92 Å². The van der Waals surface area contributed by atoms with Gasteiger partial charge < -0.3 is 9.80 Å². The first-order valence-electron chi connectivity index (χ1n) is 9.45. The van der Waals surface area contributed by atoms with Crippen molar-refractivity contribution in [2.75, 3.05) is 31.1 Å². The third-order valence-corrected chi connectivity index (χ3v) is 7.76. The van der Waals surface area contributed by atoms with Crippen LogP contribution in [-0.2, 0) is 20.4 Å². The molecule has 7 nitrogen and oxygen atoms in total. The number of anilines is 1. The van der Waals surface area contributed by atoms with E-state index in [9.17, 15) is 13.2 Å². The summed E-state index contributed by atoms with van der Waals surface area (Å²) < 4.78 is 25.5. The summed E-state index contributed by atoms with van der Waals surface area (Å²) in [7, 11) is -3.29. The standard InChI is InChI=1S/C18H26N4O3S/c1-12(2)7-16(23)22-9-14-15(10-22)26(24,25)11-13-8-19-18(20-17(13)14)21-5-3-4-6-21/h8,12,14-15H,3-7,9-11H2,1-2H3/t14-,15+/m0/s1. The number of sulfone groups is 1. The van der Waals surface area contributed by atoms with E-state index in [4.69, 9.17) is 4.98 Å². The fourth-order valence-corrected chi connectivity index (χ4v) is 6.31. The Balaban J connectivity index is 1.66. The molecule has 0 aliphatic carbocycles. The van der Waals surface area contributed by atoms with Crippen LogP contribution in [0.3, 0.4) is 0 Å². The summed E-state index contributed by atoms with van der Waals surface area (Å²) >= 11 is 0. The monoisotopic (exact) mass is 378 g/mol. The average molecular weight is 378 g/mol. The molecule has 2 fully saturated rings. The van der Waals surface area contributed by atoms with E-state index in [1.54, 1.807) is 11.1 Å². The van der Waals surface area contributed by atoms with Crippen molar-refractivity contribution in [3.63, 3.8) is 0 Å². The fraction of sp³-hybridized carbons (Fsp3) is 0.722. The fourth-order valence-electron chi connectivity index (χ4n) is 4.32. The molecule has 8 heteroatoms. The second-order valence-electron chi connectivity index (χ2n) is 8.12. The lowest BCUT2D eigenvalue weighted by atomic mass is 10.00. The van der Waals surface area contributed by atoms with Gasteiger partial charge in [0.05, 0.1) is 16.7 Å². The Morgan fingerprint density at radius 3 is 2.69 bits per heavy atom. The molecule has 0 aromatic carbocycles. The van der Waals surface area contributed by atoms with Crippen molar-refractivity contribution in [1.82, 2.24) is 14.9 Å². The maximum Gasteiger partial charge on any atom is 0.225 e. The molecule has 0 unspecified atom stereocenters. The lowest BCUT2D eigenvalue weighted by molar-refractivity contribution is -0.130. The van der Waals surface area contributed by atoms with Crippen LogP contribution in [-0.4, -0.2) is 60.6 Å². The van der Waals surface area contributed by atoms with Crippen LogP contribution in [0.15, 0.2) is 6.20 Å². The minimum absolute atomic E-state index is 0.0179. The molecule has 0 radical (unpaired) electrons. The van der Waals surface area contributed by atoms with Crippen LogP contribution in [0.1, 0.15) is 50.3 Å². The normalized spacial score (nSPS) is 26.9. The van der Waals surface area contributed by atoms with Crippen molar-refractivity contribution < 1.29 is 13.2 Å². The van der Waals surface area contributed by atoms with E-state index < -0.39 is 15.1 Å². The smallest absolute Gasteiger partial charge is 0.225 e. The summed E-state index contributed by atoms with van der Waals surface area (Å²) in [5.74, 6) is 0.754. The average Bonchev–Trinajstić information content (AvgIpc) is 3.24. The molecule has 3 aliphatic rings. The van der Waals surface area contributed by atoms with Gasteiger partial charge in [-0.15, -0.1) is 0 Å². The molecule has 2 saturated heterocycles. The van der Waals surface area contributed by atoms with Crippen molar-refractivity contribution in [2.45, 2.75) is 50.0 Å². The van der Waals surface area contributed by atoms with Crippen LogP contribution >= 0.6 is 0 Å². The summed E-state index contributed by atoms with van der Waals surface area (Å²) in [4.78, 5) is 25.6. The molecule has 0 bridgehead atoms. The van der Waals surface area contributed by atoms with Crippen molar-refractivity contribution in [3.8, 4) is 0 Å². The van der Waals surface area contributed by atoms with Gasteiger partial charge in [0.25, 0.3) is 0 Å². The number of hydrogen-bond acceptors (Lipinski definition) is 6. The van der Waals surface area contributed by atoms with E-state index in [1.807, 2.05) is 13.8 Å². The van der Waals surface area contributed by atoms with E-state index in [-0.39, 0.29) is 23.5 Å². The van der Waals surface area contributed by atoms with E-state index in [2.05, 4.69) is 9.88 Å². The van der Waals surface area contributed by atoms with Gasteiger partial charge in [-0.1, -0.05) is 13.8 Å². The van der Waals surface area contributed by atoms with Crippen LogP contribution < -0.4 is 4.90 Å². The van der Waals surface area contributed by atoms with Gasteiger partial charge >= 0.3 is 0 Å². The highest BCUT2D eigenvalue weighted by molar-refractivity contribution is 7.91. The number of fused-ring (bicyclic) bond motifs is 3. The molecular weight excluding hydrogens is 352 g/mol. The van der Waals surface area contributed by atoms with Gasteiger partial charge in [0.1, 0.15) is 0 Å². The minimum atomic E-state index is -3.29. The Morgan fingerprint density at radius 2 is 2.00 bits per heavy atom. The number of hydrogen-bond donors (Lipinski definition) is 0. The van der Waals surface area contributed by atoms with Gasteiger partial charge in [0.2, 0.25) is 11.9 Å². The van der Waals surface area contributed by atoms with Crippen LogP contribution in [0.4, 0.5) is 5.95 Å². The van der Waals surface area contributed by atoms with E-state index in [1.165, 1.54) is 0 Å². The number of aromatic nitrogens is 2. The number of amides is 1. The second-order valence-corrected chi connectivity index (χ2v) is 10.3. The van der Waals surface area contributed by atoms with Gasteiger partial charge in [0, 0.05) is 50.3 Å². The molecule has 2 atom stereocenters. The molecule has 142 valence electrons. The van der Waals surface area contributed by atoms with Crippen LogP contribution in [0, 0.1) is 5.92 Å². The van der Waals surface area contributed by atoms with Gasteiger partial charge in [-0.2, -0.15) is 0 Å². The lowest BCUT2D eigenvalue weighted by Gasteiger charge is -2.27. The van der Waals surface area contributed by atoms with Gasteiger partial charge in [-0.05, 0) is 18.8 Å².